The first-order chi connectivity index (χ1) is 12.0. The number of aliphatic hydroxyl groups is 1. The number of carbonyl (C=O) groups is 1. The molecule has 2 heterocycles. The van der Waals surface area contributed by atoms with Gasteiger partial charge in [-0.15, -0.1) is 25.2 Å². The van der Waals surface area contributed by atoms with Gasteiger partial charge in [0.2, 0.25) is 0 Å². The third-order valence-corrected chi connectivity index (χ3v) is 3.44. The van der Waals surface area contributed by atoms with Crippen molar-refractivity contribution in [1.82, 2.24) is 19.9 Å². The van der Waals surface area contributed by atoms with Gasteiger partial charge < -0.3 is 25.5 Å². The third kappa shape index (κ3) is 4.27. The molecular formula is C17H21N5O3. The van der Waals surface area contributed by atoms with E-state index in [1.165, 1.54) is 13.4 Å². The van der Waals surface area contributed by atoms with Crippen LogP contribution in [0.3, 0.4) is 0 Å². The van der Waals surface area contributed by atoms with Gasteiger partial charge in [-0.25, -0.2) is 9.97 Å². The smallest absolute Gasteiger partial charge is 0.253 e. The predicted octanol–water partition coefficient (Wildman–Crippen LogP) is 0.542. The van der Waals surface area contributed by atoms with Crippen molar-refractivity contribution in [3.05, 3.63) is 18.1 Å². The molecule has 0 saturated heterocycles. The number of nitrogens with two attached hydrogens (primary N) is 1. The highest BCUT2D eigenvalue weighted by Crippen LogP contribution is 2.27. The molecule has 2 rings (SSSR count). The molecule has 0 bridgehead atoms. The Bertz CT molecular complexity index is 791. The zero-order chi connectivity index (χ0) is 19.0. The molecule has 0 radical (unpaired) electrons. The summed E-state index contributed by atoms with van der Waals surface area (Å²) < 4.78 is 7.40. The van der Waals surface area contributed by atoms with Crippen LogP contribution in [0.2, 0.25) is 0 Å². The van der Waals surface area contributed by atoms with Gasteiger partial charge in [-0.2, -0.15) is 0 Å². The van der Waals surface area contributed by atoms with Gasteiger partial charge in [0.05, 0.1) is 23.7 Å². The number of aliphatic hydroxyl groups excluding tert-OH is 1. The van der Waals surface area contributed by atoms with Crippen molar-refractivity contribution >= 4 is 22.8 Å². The normalized spacial score (nSPS) is 12.5. The second-order valence-electron chi connectivity index (χ2n) is 4.93. The number of carbonyl (C=O) groups excluding carboxylic acids is 1. The van der Waals surface area contributed by atoms with E-state index in [4.69, 9.17) is 16.9 Å². The Morgan fingerprint density at radius 1 is 1.52 bits per heavy atom. The van der Waals surface area contributed by atoms with E-state index in [-0.39, 0.29) is 24.8 Å². The molecule has 2 aromatic heterocycles. The van der Waals surface area contributed by atoms with Crippen LogP contribution in [0.5, 0.6) is 0 Å². The molecule has 132 valence electrons. The Labute approximate surface area is 146 Å². The SMILES string of the molecule is C#C.C#CC[C@@H](CO)O[C@H](C)n1cc(C(=O)NC)c2c(N)ncnc21. The van der Waals surface area contributed by atoms with E-state index in [1.807, 2.05) is 0 Å². The highest BCUT2D eigenvalue weighted by Gasteiger charge is 2.22. The van der Waals surface area contributed by atoms with Crippen molar-refractivity contribution in [2.75, 3.05) is 19.4 Å². The first kappa shape index (κ1) is 20.0. The molecule has 0 spiro atoms. The first-order valence-electron chi connectivity index (χ1n) is 7.39. The zero-order valence-corrected chi connectivity index (χ0v) is 14.1. The molecule has 1 amide bonds. The Morgan fingerprint density at radius 3 is 2.76 bits per heavy atom. The lowest BCUT2D eigenvalue weighted by atomic mass is 10.2. The van der Waals surface area contributed by atoms with E-state index >= 15 is 0 Å². The van der Waals surface area contributed by atoms with E-state index in [1.54, 1.807) is 17.7 Å². The number of fused-ring (bicyclic) bond motifs is 1. The van der Waals surface area contributed by atoms with Crippen LogP contribution in [0.25, 0.3) is 11.0 Å². The number of amides is 1. The molecule has 2 atom stereocenters. The molecule has 8 nitrogen and oxygen atoms in total. The Morgan fingerprint density at radius 2 is 2.20 bits per heavy atom. The van der Waals surface area contributed by atoms with E-state index < -0.39 is 12.3 Å². The van der Waals surface area contributed by atoms with Gasteiger partial charge in [-0.1, -0.05) is 0 Å². The molecule has 2 aromatic rings. The van der Waals surface area contributed by atoms with Crippen LogP contribution in [-0.2, 0) is 4.74 Å². The average Bonchev–Trinajstić information content (AvgIpc) is 3.03. The lowest BCUT2D eigenvalue weighted by Crippen LogP contribution is -2.22. The van der Waals surface area contributed by atoms with Crippen LogP contribution in [0.15, 0.2) is 12.5 Å². The summed E-state index contributed by atoms with van der Waals surface area (Å²) in [5, 5.41) is 12.3. The number of hydrogen-bond acceptors (Lipinski definition) is 6. The van der Waals surface area contributed by atoms with Gasteiger partial charge in [-0.3, -0.25) is 4.79 Å². The lowest BCUT2D eigenvalue weighted by Gasteiger charge is -2.21. The van der Waals surface area contributed by atoms with Gasteiger partial charge in [-0.05, 0) is 6.92 Å². The number of nitrogens with zero attached hydrogens (tertiary/aromatic N) is 3. The molecule has 4 N–H and O–H groups in total. The molecule has 0 aliphatic rings. The van der Waals surface area contributed by atoms with Crippen LogP contribution in [0, 0.1) is 25.2 Å². The summed E-state index contributed by atoms with van der Waals surface area (Å²) in [6, 6.07) is 0. The summed E-state index contributed by atoms with van der Waals surface area (Å²) in [7, 11) is 1.53. The maximum absolute atomic E-state index is 12.1. The van der Waals surface area contributed by atoms with Crippen molar-refractivity contribution in [2.24, 2.45) is 0 Å². The van der Waals surface area contributed by atoms with E-state index in [2.05, 4.69) is 34.1 Å². The number of aromatic nitrogens is 3. The van der Waals surface area contributed by atoms with Gasteiger partial charge >= 0.3 is 0 Å². The van der Waals surface area contributed by atoms with Gasteiger partial charge in [0.25, 0.3) is 5.91 Å². The summed E-state index contributed by atoms with van der Waals surface area (Å²) in [6.45, 7) is 1.57. The Hall–Kier alpha value is -3.07. The van der Waals surface area contributed by atoms with Gasteiger partial charge in [0.1, 0.15) is 24.0 Å². The Kier molecular flexibility index (Phi) is 7.42. The number of nitrogen functional groups attached to an aromatic ring is 1. The minimum atomic E-state index is -0.505. The number of terminal acetylenes is 2. The number of hydrogen-bond donors (Lipinski definition) is 3. The summed E-state index contributed by atoms with van der Waals surface area (Å²) in [5.41, 5.74) is 6.71. The van der Waals surface area contributed by atoms with Crippen LogP contribution in [0.1, 0.15) is 29.9 Å². The third-order valence-electron chi connectivity index (χ3n) is 3.44. The molecule has 25 heavy (non-hydrogen) atoms. The maximum Gasteiger partial charge on any atom is 0.253 e. The second-order valence-corrected chi connectivity index (χ2v) is 4.93. The second kappa shape index (κ2) is 9.28. The molecule has 0 fully saturated rings. The zero-order valence-electron chi connectivity index (χ0n) is 14.1. The summed E-state index contributed by atoms with van der Waals surface area (Å²) in [4.78, 5) is 20.2. The van der Waals surface area contributed by atoms with Crippen LogP contribution >= 0.6 is 0 Å². The minimum absolute atomic E-state index is 0.201. The van der Waals surface area contributed by atoms with Crippen molar-refractivity contribution < 1.29 is 14.6 Å². The standard InChI is InChI=1S/C15H19N5O3.C2H2/c1-4-5-10(7-21)23-9(2)20-6-11(15(22)17-3)12-13(16)18-8-19-14(12)20;1-2/h1,6,8-10,21H,5,7H2,2-3H3,(H,17,22)(H2,16,18,19);1-2H/t9-,10+;/m1./s1. The van der Waals surface area contributed by atoms with Crippen LogP contribution < -0.4 is 11.1 Å². The fourth-order valence-corrected chi connectivity index (χ4v) is 2.32. The maximum atomic E-state index is 12.1. The van der Waals surface area contributed by atoms with Crippen molar-refractivity contribution in [3.63, 3.8) is 0 Å². The molecule has 8 heteroatoms. The topological polar surface area (TPSA) is 115 Å². The van der Waals surface area contributed by atoms with Gasteiger partial charge in [0.15, 0.2) is 0 Å². The molecule has 0 aromatic carbocycles. The first-order valence-corrected chi connectivity index (χ1v) is 7.39. The molecule has 0 aliphatic carbocycles. The predicted molar refractivity (Wildman–Crippen MR) is 95.3 cm³/mol. The molecule has 0 aliphatic heterocycles. The molecular weight excluding hydrogens is 322 g/mol. The van der Waals surface area contributed by atoms with Crippen LogP contribution in [-0.4, -0.2) is 45.3 Å². The van der Waals surface area contributed by atoms with Crippen LogP contribution in [0.4, 0.5) is 5.82 Å². The van der Waals surface area contributed by atoms with E-state index in [0.29, 0.717) is 16.6 Å². The summed E-state index contributed by atoms with van der Waals surface area (Å²) in [6.07, 6.45) is 15.4. The van der Waals surface area contributed by atoms with Crippen molar-refractivity contribution in [1.29, 1.82) is 0 Å². The highest BCUT2D eigenvalue weighted by molar-refractivity contribution is 6.09. The fourth-order valence-electron chi connectivity index (χ4n) is 2.32. The number of anilines is 1. The molecule has 0 unspecified atom stereocenters. The number of nitrogens with one attached hydrogen (secondary N) is 1. The largest absolute Gasteiger partial charge is 0.394 e. The fraction of sp³-hybridized carbons (Fsp3) is 0.353. The minimum Gasteiger partial charge on any atom is -0.394 e. The highest BCUT2D eigenvalue weighted by atomic mass is 16.5. The molecule has 0 saturated carbocycles. The van der Waals surface area contributed by atoms with Gasteiger partial charge in [0, 0.05) is 19.7 Å². The monoisotopic (exact) mass is 343 g/mol. The van der Waals surface area contributed by atoms with Crippen molar-refractivity contribution in [3.8, 4) is 25.2 Å². The van der Waals surface area contributed by atoms with Crippen molar-refractivity contribution in [2.45, 2.75) is 25.7 Å². The summed E-state index contributed by atoms with van der Waals surface area (Å²) >= 11 is 0. The van der Waals surface area contributed by atoms with E-state index in [0.717, 1.165) is 0 Å². The lowest BCUT2D eigenvalue weighted by molar-refractivity contribution is -0.0605. The number of ether oxygens (including phenoxy) is 1. The quantitative estimate of drug-likeness (QED) is 0.660. The van der Waals surface area contributed by atoms with E-state index in [9.17, 15) is 9.90 Å². The summed E-state index contributed by atoms with van der Waals surface area (Å²) in [5.74, 6) is 2.36. The average molecular weight is 343 g/mol. The number of rotatable bonds is 6. The Balaban J connectivity index is 0.00000151.